The van der Waals surface area contributed by atoms with E-state index in [-0.39, 0.29) is 12.2 Å². The van der Waals surface area contributed by atoms with E-state index in [1.807, 2.05) is 50.0 Å². The second-order valence-electron chi connectivity index (χ2n) is 9.53. The summed E-state index contributed by atoms with van der Waals surface area (Å²) >= 11 is 0. The first-order valence-corrected chi connectivity index (χ1v) is 12.0. The number of fused-ring (bicyclic) bond motifs is 1. The van der Waals surface area contributed by atoms with Crippen molar-refractivity contribution in [2.45, 2.75) is 31.3 Å². The lowest BCUT2D eigenvalue weighted by atomic mass is 9.97. The largest absolute Gasteiger partial charge is 0.394 e. The average Bonchev–Trinajstić information content (AvgIpc) is 3.27. The van der Waals surface area contributed by atoms with Crippen molar-refractivity contribution >= 4 is 27.9 Å². The molecule has 0 saturated carbocycles. The number of anilines is 1. The van der Waals surface area contributed by atoms with Crippen molar-refractivity contribution in [3.8, 4) is 17.3 Å². The summed E-state index contributed by atoms with van der Waals surface area (Å²) in [6.45, 7) is 1.15. The van der Waals surface area contributed by atoms with Gasteiger partial charge in [-0.25, -0.2) is 0 Å². The lowest BCUT2D eigenvalue weighted by Gasteiger charge is -2.37. The van der Waals surface area contributed by atoms with Crippen molar-refractivity contribution in [1.29, 1.82) is 5.26 Å². The van der Waals surface area contributed by atoms with Gasteiger partial charge < -0.3 is 34.8 Å². The summed E-state index contributed by atoms with van der Waals surface area (Å²) in [5.41, 5.74) is 4.13. The molecule has 4 rings (SSSR count). The Balaban J connectivity index is 1.60. The zero-order chi connectivity index (χ0) is 26.9. The molecule has 4 N–H and O–H groups in total. The Labute approximate surface area is 215 Å². The maximum atomic E-state index is 13.0. The molecule has 4 atom stereocenters. The molecule has 1 fully saturated rings. The Hall–Kier alpha value is -3.68. The second kappa shape index (κ2) is 10.7. The van der Waals surface area contributed by atoms with Crippen LogP contribution < -0.4 is 10.2 Å². The predicted molar refractivity (Wildman–Crippen MR) is 142 cm³/mol. The molecule has 2 aromatic carbocycles. The molecular weight excluding hydrogens is 472 g/mol. The summed E-state index contributed by atoms with van der Waals surface area (Å²) in [5, 5.41) is 44.3. The van der Waals surface area contributed by atoms with Gasteiger partial charge in [-0.05, 0) is 59.2 Å². The first kappa shape index (κ1) is 26.4. The molecule has 1 saturated heterocycles. The van der Waals surface area contributed by atoms with Crippen LogP contribution in [0.2, 0.25) is 0 Å². The number of hydrogen-bond donors (Lipinski definition) is 4. The summed E-state index contributed by atoms with van der Waals surface area (Å²) < 4.78 is 7.26. The van der Waals surface area contributed by atoms with Crippen molar-refractivity contribution in [1.82, 2.24) is 9.88 Å². The fourth-order valence-corrected chi connectivity index (χ4v) is 4.69. The summed E-state index contributed by atoms with van der Waals surface area (Å²) in [5.74, 6) is -0.674. The topological polar surface area (TPSA) is 131 Å². The Bertz CT molecular complexity index is 1390. The van der Waals surface area contributed by atoms with Crippen LogP contribution in [-0.4, -0.2) is 77.5 Å². The number of aliphatic hydroxyl groups excluding tert-OH is 3. The summed E-state index contributed by atoms with van der Waals surface area (Å²) in [6.07, 6.45) is -3.62. The molecule has 1 aromatic heterocycles. The third kappa shape index (κ3) is 5.10. The number of nitrogens with zero attached hydrogens (tertiary/aromatic N) is 3. The van der Waals surface area contributed by atoms with Gasteiger partial charge in [0.2, 0.25) is 0 Å². The van der Waals surface area contributed by atoms with Gasteiger partial charge >= 0.3 is 0 Å². The number of nitrogens with one attached hydrogen (secondary N) is 1. The molecule has 0 spiro atoms. The fraction of sp³-hybridized carbons (Fsp3) is 0.357. The van der Waals surface area contributed by atoms with Crippen molar-refractivity contribution in [3.05, 3.63) is 59.8 Å². The molecule has 3 aromatic rings. The van der Waals surface area contributed by atoms with Crippen molar-refractivity contribution in [3.63, 3.8) is 0 Å². The molecule has 1 aliphatic heterocycles. The highest BCUT2D eigenvalue weighted by atomic mass is 16.5. The number of carbonyl (C=O) groups is 1. The van der Waals surface area contributed by atoms with Gasteiger partial charge in [-0.1, -0.05) is 18.2 Å². The van der Waals surface area contributed by atoms with E-state index in [2.05, 4.69) is 40.5 Å². The smallest absolute Gasteiger partial charge is 0.262 e. The van der Waals surface area contributed by atoms with E-state index >= 15 is 0 Å². The third-order valence-electron chi connectivity index (χ3n) is 6.99. The molecule has 0 bridgehead atoms. The number of benzene rings is 2. The Kier molecular flexibility index (Phi) is 7.66. The van der Waals surface area contributed by atoms with E-state index < -0.39 is 36.9 Å². The van der Waals surface area contributed by atoms with Crippen LogP contribution in [0.25, 0.3) is 27.6 Å². The minimum atomic E-state index is -1.36. The van der Waals surface area contributed by atoms with Crippen LogP contribution >= 0.6 is 0 Å². The number of nitriles is 1. The second-order valence-corrected chi connectivity index (χ2v) is 9.53. The van der Waals surface area contributed by atoms with Crippen LogP contribution in [-0.2, 0) is 16.6 Å². The molecule has 1 amide bonds. The minimum absolute atomic E-state index is 0.0980. The first-order valence-electron chi connectivity index (χ1n) is 12.0. The SMILES string of the molecule is C/C(=C(/C#N)C(=O)N[C@H]1CO[C@H](CO)[C@@H](O)[C@@H]1O)c1ccc(-c2ccc3cc(N(C)C)ccc3c2)n1C. The van der Waals surface area contributed by atoms with Crippen LogP contribution in [0, 0.1) is 11.3 Å². The van der Waals surface area contributed by atoms with Gasteiger partial charge in [-0.15, -0.1) is 0 Å². The number of aliphatic hydroxyl groups is 3. The van der Waals surface area contributed by atoms with Gasteiger partial charge in [0, 0.05) is 38.2 Å². The van der Waals surface area contributed by atoms with E-state index in [9.17, 15) is 25.4 Å². The molecule has 0 unspecified atom stereocenters. The Morgan fingerprint density at radius 2 is 1.84 bits per heavy atom. The summed E-state index contributed by atoms with van der Waals surface area (Å²) in [4.78, 5) is 15.0. The lowest BCUT2D eigenvalue weighted by molar-refractivity contribution is -0.163. The molecule has 0 radical (unpaired) electrons. The zero-order valence-electron chi connectivity index (χ0n) is 21.3. The number of carbonyl (C=O) groups excluding carboxylic acids is 1. The van der Waals surface area contributed by atoms with E-state index in [0.717, 1.165) is 27.7 Å². The lowest BCUT2D eigenvalue weighted by Crippen LogP contribution is -2.60. The normalized spacial score (nSPS) is 22.3. The predicted octanol–water partition coefficient (Wildman–Crippen LogP) is 1.81. The minimum Gasteiger partial charge on any atom is -0.394 e. The van der Waals surface area contributed by atoms with E-state index in [4.69, 9.17) is 4.74 Å². The van der Waals surface area contributed by atoms with Crippen LogP contribution in [0.1, 0.15) is 12.6 Å². The van der Waals surface area contributed by atoms with Crippen molar-refractivity contribution < 1.29 is 24.9 Å². The van der Waals surface area contributed by atoms with Gasteiger partial charge in [0.25, 0.3) is 5.91 Å². The number of ether oxygens (including phenoxy) is 1. The third-order valence-corrected chi connectivity index (χ3v) is 6.99. The molecule has 1 aliphatic rings. The number of aromatic nitrogens is 1. The monoisotopic (exact) mass is 504 g/mol. The van der Waals surface area contributed by atoms with E-state index in [1.54, 1.807) is 6.92 Å². The zero-order valence-corrected chi connectivity index (χ0v) is 21.3. The number of rotatable bonds is 6. The van der Waals surface area contributed by atoms with Crippen LogP contribution in [0.15, 0.2) is 54.1 Å². The molecule has 2 heterocycles. The quantitative estimate of drug-likeness (QED) is 0.297. The van der Waals surface area contributed by atoms with Crippen molar-refractivity contribution in [2.24, 2.45) is 7.05 Å². The van der Waals surface area contributed by atoms with Gasteiger partial charge in [-0.3, -0.25) is 4.79 Å². The number of allylic oxidation sites excluding steroid dienone is 1. The highest BCUT2D eigenvalue weighted by Crippen LogP contribution is 2.30. The maximum Gasteiger partial charge on any atom is 0.262 e. The van der Waals surface area contributed by atoms with Gasteiger partial charge in [0.1, 0.15) is 30.0 Å². The van der Waals surface area contributed by atoms with Crippen LogP contribution in [0.5, 0.6) is 0 Å². The molecule has 37 heavy (non-hydrogen) atoms. The van der Waals surface area contributed by atoms with Crippen molar-refractivity contribution in [2.75, 3.05) is 32.2 Å². The molecular formula is C28H32N4O5. The number of hydrogen-bond acceptors (Lipinski definition) is 7. The Morgan fingerprint density at radius 1 is 1.14 bits per heavy atom. The highest BCUT2D eigenvalue weighted by Gasteiger charge is 2.39. The fourth-order valence-electron chi connectivity index (χ4n) is 4.69. The molecule has 194 valence electrons. The van der Waals surface area contributed by atoms with E-state index in [1.165, 1.54) is 0 Å². The molecule has 9 nitrogen and oxygen atoms in total. The van der Waals surface area contributed by atoms with Gasteiger partial charge in [0.05, 0.1) is 19.3 Å². The summed E-state index contributed by atoms with van der Waals surface area (Å²) in [6, 6.07) is 17.4. The van der Waals surface area contributed by atoms with Gasteiger partial charge in [0.15, 0.2) is 0 Å². The number of amides is 1. The highest BCUT2D eigenvalue weighted by molar-refractivity contribution is 6.04. The molecule has 9 heteroatoms. The molecule has 0 aliphatic carbocycles. The first-order chi connectivity index (χ1) is 17.7. The van der Waals surface area contributed by atoms with E-state index in [0.29, 0.717) is 11.3 Å². The average molecular weight is 505 g/mol. The van der Waals surface area contributed by atoms with Crippen LogP contribution in [0.4, 0.5) is 5.69 Å². The Morgan fingerprint density at radius 3 is 2.51 bits per heavy atom. The van der Waals surface area contributed by atoms with Gasteiger partial charge in [-0.2, -0.15) is 5.26 Å². The summed E-state index contributed by atoms with van der Waals surface area (Å²) in [7, 11) is 5.89. The maximum absolute atomic E-state index is 13.0. The standard InChI is InChI=1S/C28H32N4O5/c1-16(21(13-29)28(36)30-22-15-37-25(14-33)27(35)26(22)34)23-9-10-24(32(23)4)19-6-5-18-12-20(31(2)3)8-7-17(18)11-19/h5-12,22,25-27,33-35H,14-15H2,1-4H3,(H,30,36)/b21-16+/t22-,25+,26+,27+/m0/s1. The van der Waals surface area contributed by atoms with Crippen LogP contribution in [0.3, 0.4) is 0 Å².